The molecule has 0 radical (unpaired) electrons. The summed E-state index contributed by atoms with van der Waals surface area (Å²) in [5.74, 6) is 0.519. The Morgan fingerprint density at radius 2 is 2.38 bits per heavy atom. The first-order valence-electron chi connectivity index (χ1n) is 4.78. The highest BCUT2D eigenvalue weighted by molar-refractivity contribution is 6.29. The van der Waals surface area contributed by atoms with Crippen LogP contribution < -0.4 is 10.2 Å². The van der Waals surface area contributed by atoms with Crippen LogP contribution in [0.25, 0.3) is 0 Å². The summed E-state index contributed by atoms with van der Waals surface area (Å²) in [7, 11) is 0. The van der Waals surface area contributed by atoms with Crippen molar-refractivity contribution >= 4 is 23.3 Å². The number of halogens is 1. The molecule has 6 heteroatoms. The van der Waals surface area contributed by atoms with Gasteiger partial charge in [0.1, 0.15) is 11.0 Å². The number of nitriles is 1. The molecule has 1 aliphatic rings. The Bertz CT molecular complexity index is 468. The van der Waals surface area contributed by atoms with Gasteiger partial charge in [-0.2, -0.15) is 5.26 Å². The van der Waals surface area contributed by atoms with Gasteiger partial charge < -0.3 is 10.2 Å². The smallest absolute Gasteiger partial charge is 0.239 e. The molecule has 0 aromatic carbocycles. The first-order chi connectivity index (χ1) is 7.69. The fourth-order valence-electron chi connectivity index (χ4n) is 1.54. The molecule has 1 aromatic rings. The van der Waals surface area contributed by atoms with E-state index in [1.54, 1.807) is 11.0 Å². The first kappa shape index (κ1) is 10.7. The molecular formula is C10H9ClN4O. The number of hydrogen-bond acceptors (Lipinski definition) is 4. The summed E-state index contributed by atoms with van der Waals surface area (Å²) in [4.78, 5) is 17.1. The molecule has 1 aliphatic heterocycles. The molecule has 1 saturated heterocycles. The maximum atomic E-state index is 11.2. The van der Waals surface area contributed by atoms with Crippen LogP contribution in [0.5, 0.6) is 0 Å². The third-order valence-corrected chi connectivity index (χ3v) is 2.47. The third kappa shape index (κ3) is 2.23. The van der Waals surface area contributed by atoms with E-state index in [9.17, 15) is 4.79 Å². The summed E-state index contributed by atoms with van der Waals surface area (Å²) in [5.41, 5.74) is 0.445. The number of pyridine rings is 1. The Morgan fingerprint density at radius 1 is 1.56 bits per heavy atom. The van der Waals surface area contributed by atoms with Crippen LogP contribution in [0.4, 0.5) is 5.82 Å². The molecule has 2 rings (SSSR count). The Balaban J connectivity index is 2.29. The summed E-state index contributed by atoms with van der Waals surface area (Å²) in [6.07, 6.45) is 0. The van der Waals surface area contributed by atoms with Crippen molar-refractivity contribution in [2.24, 2.45) is 0 Å². The molecule has 0 spiro atoms. The maximum Gasteiger partial charge on any atom is 0.239 e. The van der Waals surface area contributed by atoms with Crippen molar-refractivity contribution in [2.45, 2.75) is 0 Å². The van der Waals surface area contributed by atoms with Gasteiger partial charge in [-0.25, -0.2) is 4.98 Å². The number of anilines is 1. The average Bonchev–Trinajstić information content (AvgIpc) is 2.28. The molecular weight excluding hydrogens is 228 g/mol. The Hall–Kier alpha value is -1.80. The first-order valence-corrected chi connectivity index (χ1v) is 5.16. The molecule has 0 aliphatic carbocycles. The fourth-order valence-corrected chi connectivity index (χ4v) is 1.75. The number of aromatic nitrogens is 1. The van der Waals surface area contributed by atoms with Crippen LogP contribution in [-0.2, 0) is 4.79 Å². The molecule has 5 nitrogen and oxygen atoms in total. The van der Waals surface area contributed by atoms with Crippen molar-refractivity contribution in [3.8, 4) is 6.07 Å². The minimum absolute atomic E-state index is 0.0495. The SMILES string of the molecule is N#Cc1cc(Cl)nc(N2CCNC(=O)C2)c1. The van der Waals surface area contributed by atoms with Crippen LogP contribution >= 0.6 is 11.6 Å². The van der Waals surface area contributed by atoms with Gasteiger partial charge in [0.2, 0.25) is 5.91 Å². The Labute approximate surface area is 97.6 Å². The molecule has 1 amide bonds. The zero-order chi connectivity index (χ0) is 11.5. The van der Waals surface area contributed by atoms with Gasteiger partial charge in [-0.3, -0.25) is 4.79 Å². The zero-order valence-electron chi connectivity index (χ0n) is 8.40. The molecule has 82 valence electrons. The molecule has 0 unspecified atom stereocenters. The number of rotatable bonds is 1. The van der Waals surface area contributed by atoms with Gasteiger partial charge in [-0.15, -0.1) is 0 Å². The van der Waals surface area contributed by atoms with Crippen LogP contribution in [0.2, 0.25) is 5.15 Å². The van der Waals surface area contributed by atoms with E-state index < -0.39 is 0 Å². The highest BCUT2D eigenvalue weighted by Gasteiger charge is 2.18. The van der Waals surface area contributed by atoms with Crippen LogP contribution in [-0.4, -0.2) is 30.5 Å². The van der Waals surface area contributed by atoms with E-state index in [2.05, 4.69) is 10.3 Å². The third-order valence-electron chi connectivity index (χ3n) is 2.27. The number of amides is 1. The zero-order valence-corrected chi connectivity index (χ0v) is 9.16. The van der Waals surface area contributed by atoms with E-state index in [0.717, 1.165) is 0 Å². The number of carbonyl (C=O) groups is 1. The number of piperazine rings is 1. The van der Waals surface area contributed by atoms with Crippen molar-refractivity contribution in [1.29, 1.82) is 5.26 Å². The summed E-state index contributed by atoms with van der Waals surface area (Å²) in [6, 6.07) is 5.13. The second-order valence-corrected chi connectivity index (χ2v) is 3.81. The number of carbonyl (C=O) groups excluding carboxylic acids is 1. The molecule has 16 heavy (non-hydrogen) atoms. The van der Waals surface area contributed by atoms with Crippen LogP contribution in [0.15, 0.2) is 12.1 Å². The lowest BCUT2D eigenvalue weighted by Gasteiger charge is -2.27. The largest absolute Gasteiger partial charge is 0.353 e. The van der Waals surface area contributed by atoms with Gasteiger partial charge >= 0.3 is 0 Å². The standard InChI is InChI=1S/C10H9ClN4O/c11-8-3-7(5-12)4-9(14-8)15-2-1-13-10(16)6-15/h3-4H,1-2,6H2,(H,13,16). The normalized spacial score (nSPS) is 15.5. The quantitative estimate of drug-likeness (QED) is 0.723. The van der Waals surface area contributed by atoms with E-state index >= 15 is 0 Å². The number of nitrogens with zero attached hydrogens (tertiary/aromatic N) is 3. The van der Waals surface area contributed by atoms with Gasteiger partial charge in [0, 0.05) is 13.1 Å². The van der Waals surface area contributed by atoms with E-state index in [4.69, 9.17) is 16.9 Å². The summed E-state index contributed by atoms with van der Waals surface area (Å²) in [6.45, 7) is 1.50. The van der Waals surface area contributed by atoms with Gasteiger partial charge in [-0.05, 0) is 12.1 Å². The average molecular weight is 237 g/mol. The maximum absolute atomic E-state index is 11.2. The van der Waals surface area contributed by atoms with Crippen molar-refractivity contribution in [2.75, 3.05) is 24.5 Å². The fraction of sp³-hybridized carbons (Fsp3) is 0.300. The van der Waals surface area contributed by atoms with Crippen molar-refractivity contribution in [3.05, 3.63) is 22.8 Å². The molecule has 1 aromatic heterocycles. The lowest BCUT2D eigenvalue weighted by Crippen LogP contribution is -2.48. The Kier molecular flexibility index (Phi) is 2.93. The van der Waals surface area contributed by atoms with Gasteiger partial charge in [0.05, 0.1) is 18.2 Å². The lowest BCUT2D eigenvalue weighted by molar-refractivity contribution is -0.120. The molecule has 1 fully saturated rings. The van der Waals surface area contributed by atoms with E-state index in [1.165, 1.54) is 6.07 Å². The van der Waals surface area contributed by atoms with E-state index in [0.29, 0.717) is 24.5 Å². The highest BCUT2D eigenvalue weighted by atomic mass is 35.5. The van der Waals surface area contributed by atoms with Crippen molar-refractivity contribution in [3.63, 3.8) is 0 Å². The lowest BCUT2D eigenvalue weighted by atomic mass is 10.2. The summed E-state index contributed by atoms with van der Waals surface area (Å²) >= 11 is 5.79. The second kappa shape index (κ2) is 4.37. The van der Waals surface area contributed by atoms with E-state index in [-0.39, 0.29) is 17.6 Å². The monoisotopic (exact) mass is 236 g/mol. The van der Waals surface area contributed by atoms with E-state index in [1.807, 2.05) is 6.07 Å². The molecule has 0 bridgehead atoms. The molecule has 0 atom stereocenters. The van der Waals surface area contributed by atoms with Gasteiger partial charge in [0.25, 0.3) is 0 Å². The van der Waals surface area contributed by atoms with Crippen LogP contribution in [0, 0.1) is 11.3 Å². The topological polar surface area (TPSA) is 69.0 Å². The van der Waals surface area contributed by atoms with Crippen molar-refractivity contribution < 1.29 is 4.79 Å². The van der Waals surface area contributed by atoms with Crippen molar-refractivity contribution in [1.82, 2.24) is 10.3 Å². The predicted octanol–water partition coefficient (Wildman–Crippen LogP) is 0.543. The minimum atomic E-state index is -0.0495. The Morgan fingerprint density at radius 3 is 3.06 bits per heavy atom. The molecule has 1 N–H and O–H groups in total. The number of nitrogens with one attached hydrogen (secondary N) is 1. The highest BCUT2D eigenvalue weighted by Crippen LogP contribution is 2.18. The van der Waals surface area contributed by atoms with Gasteiger partial charge in [-0.1, -0.05) is 11.6 Å². The molecule has 0 saturated carbocycles. The van der Waals surface area contributed by atoms with Crippen LogP contribution in [0.3, 0.4) is 0 Å². The predicted molar refractivity (Wildman–Crippen MR) is 59.2 cm³/mol. The summed E-state index contributed by atoms with van der Waals surface area (Å²) in [5, 5.41) is 11.8. The van der Waals surface area contributed by atoms with Gasteiger partial charge in [0.15, 0.2) is 0 Å². The summed E-state index contributed by atoms with van der Waals surface area (Å²) < 4.78 is 0. The van der Waals surface area contributed by atoms with Crippen LogP contribution in [0.1, 0.15) is 5.56 Å². The minimum Gasteiger partial charge on any atom is -0.353 e. The second-order valence-electron chi connectivity index (χ2n) is 3.42. The molecule has 2 heterocycles. The number of hydrogen-bond donors (Lipinski definition) is 1.